The van der Waals surface area contributed by atoms with Crippen molar-refractivity contribution in [2.24, 2.45) is 0 Å². The molecule has 1 aliphatic rings. The van der Waals surface area contributed by atoms with Gasteiger partial charge in [0.25, 0.3) is 0 Å². The summed E-state index contributed by atoms with van der Waals surface area (Å²) in [5, 5.41) is 6.36. The number of nitrogens with zero attached hydrogens (tertiary/aromatic N) is 2. The topological polar surface area (TPSA) is 29.3 Å². The van der Waals surface area contributed by atoms with E-state index < -0.39 is 0 Å². The average Bonchev–Trinajstić information content (AvgIpc) is 2.97. The van der Waals surface area contributed by atoms with Gasteiger partial charge < -0.3 is 5.32 Å². The number of aromatic nitrogens is 2. The lowest BCUT2D eigenvalue weighted by molar-refractivity contribution is 0.518. The molecule has 0 unspecified atom stereocenters. The second-order valence-electron chi connectivity index (χ2n) is 4.71. The summed E-state index contributed by atoms with van der Waals surface area (Å²) in [7, 11) is 0. The van der Waals surface area contributed by atoms with Crippen LogP contribution in [0, 0.1) is 6.92 Å². The molecular formula is C12H16ClN3S. The Hall–Kier alpha value is -0.580. The van der Waals surface area contributed by atoms with Gasteiger partial charge >= 0.3 is 0 Å². The molecule has 92 valence electrons. The number of imidazole rings is 1. The normalized spacial score (nSPS) is 17.3. The van der Waals surface area contributed by atoms with Crippen molar-refractivity contribution < 1.29 is 0 Å². The molecule has 1 fully saturated rings. The van der Waals surface area contributed by atoms with Crippen LogP contribution in [0.25, 0.3) is 4.96 Å². The molecule has 1 N–H and O–H groups in total. The zero-order valence-electron chi connectivity index (χ0n) is 9.87. The maximum absolute atomic E-state index is 6.20. The molecule has 0 saturated heterocycles. The van der Waals surface area contributed by atoms with Crippen molar-refractivity contribution in [1.82, 2.24) is 14.7 Å². The van der Waals surface area contributed by atoms with Crippen LogP contribution >= 0.6 is 22.9 Å². The highest BCUT2D eigenvalue weighted by Gasteiger charge is 2.17. The third-order valence-corrected chi connectivity index (χ3v) is 4.74. The Morgan fingerprint density at radius 1 is 1.53 bits per heavy atom. The number of halogens is 1. The Bertz CT molecular complexity index is 525. The molecule has 0 spiro atoms. The van der Waals surface area contributed by atoms with E-state index >= 15 is 0 Å². The molecule has 2 heterocycles. The Balaban J connectivity index is 1.83. The first kappa shape index (κ1) is 11.5. The van der Waals surface area contributed by atoms with E-state index in [1.165, 1.54) is 31.4 Å². The molecule has 1 saturated carbocycles. The zero-order chi connectivity index (χ0) is 11.8. The molecule has 0 aliphatic heterocycles. The molecule has 0 bridgehead atoms. The average molecular weight is 270 g/mol. The Morgan fingerprint density at radius 2 is 2.29 bits per heavy atom. The fourth-order valence-corrected chi connectivity index (χ4v) is 3.73. The van der Waals surface area contributed by atoms with Gasteiger partial charge in [0.15, 0.2) is 10.1 Å². The van der Waals surface area contributed by atoms with Crippen molar-refractivity contribution in [2.75, 3.05) is 0 Å². The molecule has 1 aliphatic carbocycles. The number of hydrogen-bond donors (Lipinski definition) is 1. The van der Waals surface area contributed by atoms with Gasteiger partial charge in [0.05, 0.1) is 5.69 Å². The molecule has 0 radical (unpaired) electrons. The number of nitrogens with one attached hydrogen (secondary N) is 1. The zero-order valence-corrected chi connectivity index (χ0v) is 11.4. The summed E-state index contributed by atoms with van der Waals surface area (Å²) < 4.78 is 2.16. The van der Waals surface area contributed by atoms with Crippen LogP contribution in [-0.4, -0.2) is 15.4 Å². The summed E-state index contributed by atoms with van der Waals surface area (Å²) in [6.07, 6.45) is 5.29. The predicted molar refractivity (Wildman–Crippen MR) is 71.9 cm³/mol. The quantitative estimate of drug-likeness (QED) is 0.926. The summed E-state index contributed by atoms with van der Waals surface area (Å²) in [4.78, 5) is 5.38. The van der Waals surface area contributed by atoms with Gasteiger partial charge in [-0.2, -0.15) is 0 Å². The number of aryl methyl sites for hydroxylation is 1. The van der Waals surface area contributed by atoms with Crippen LogP contribution in [0.1, 0.15) is 37.1 Å². The molecule has 17 heavy (non-hydrogen) atoms. The fraction of sp³-hybridized carbons (Fsp3) is 0.583. The van der Waals surface area contributed by atoms with Gasteiger partial charge in [-0.15, -0.1) is 11.3 Å². The molecule has 0 aromatic carbocycles. The minimum absolute atomic E-state index is 0.644. The van der Waals surface area contributed by atoms with E-state index in [1.807, 2.05) is 0 Å². The monoisotopic (exact) mass is 269 g/mol. The molecule has 3 rings (SSSR count). The van der Waals surface area contributed by atoms with Crippen molar-refractivity contribution >= 4 is 27.9 Å². The summed E-state index contributed by atoms with van der Waals surface area (Å²) >= 11 is 7.85. The molecule has 2 aromatic heterocycles. The maximum Gasteiger partial charge on any atom is 0.195 e. The van der Waals surface area contributed by atoms with E-state index in [2.05, 4.69) is 27.0 Å². The number of rotatable bonds is 3. The molecule has 3 nitrogen and oxygen atoms in total. The molecule has 5 heteroatoms. The highest BCUT2D eigenvalue weighted by molar-refractivity contribution is 7.15. The number of thiazole rings is 1. The van der Waals surface area contributed by atoms with Gasteiger partial charge in [-0.25, -0.2) is 4.98 Å². The van der Waals surface area contributed by atoms with Crippen molar-refractivity contribution in [3.05, 3.63) is 21.9 Å². The standard InChI is InChI=1S/C12H16ClN3S/c1-8-7-17-12-15-11(13)10(16(8)12)6-14-9-4-2-3-5-9/h7,9,14H,2-6H2,1H3. The lowest BCUT2D eigenvalue weighted by atomic mass is 10.2. The van der Waals surface area contributed by atoms with E-state index in [-0.39, 0.29) is 0 Å². The summed E-state index contributed by atoms with van der Waals surface area (Å²) in [5.41, 5.74) is 2.32. The largest absolute Gasteiger partial charge is 0.308 e. The third kappa shape index (κ3) is 2.09. The van der Waals surface area contributed by atoms with Crippen LogP contribution in [0.3, 0.4) is 0 Å². The van der Waals surface area contributed by atoms with Crippen molar-refractivity contribution in [3.8, 4) is 0 Å². The van der Waals surface area contributed by atoms with Gasteiger partial charge in [-0.05, 0) is 19.8 Å². The molecule has 0 amide bonds. The smallest absolute Gasteiger partial charge is 0.195 e. The first-order valence-corrected chi connectivity index (χ1v) is 7.36. The third-order valence-electron chi connectivity index (χ3n) is 3.49. The second-order valence-corrected chi connectivity index (χ2v) is 5.90. The van der Waals surface area contributed by atoms with E-state index in [9.17, 15) is 0 Å². The molecular weight excluding hydrogens is 254 g/mol. The summed E-state index contributed by atoms with van der Waals surface area (Å²) in [6.45, 7) is 2.92. The maximum atomic E-state index is 6.20. The van der Waals surface area contributed by atoms with Gasteiger partial charge in [0.2, 0.25) is 0 Å². The first-order chi connectivity index (χ1) is 8.25. The highest BCUT2D eigenvalue weighted by atomic mass is 35.5. The van der Waals surface area contributed by atoms with Gasteiger partial charge in [-0.3, -0.25) is 4.40 Å². The first-order valence-electron chi connectivity index (χ1n) is 6.10. The van der Waals surface area contributed by atoms with Crippen LogP contribution in [0.2, 0.25) is 5.15 Å². The van der Waals surface area contributed by atoms with Crippen molar-refractivity contribution in [1.29, 1.82) is 0 Å². The highest BCUT2D eigenvalue weighted by Crippen LogP contribution is 2.25. The minimum atomic E-state index is 0.644. The summed E-state index contributed by atoms with van der Waals surface area (Å²) in [6, 6.07) is 0.663. The van der Waals surface area contributed by atoms with Crippen LogP contribution in [0.4, 0.5) is 0 Å². The number of hydrogen-bond acceptors (Lipinski definition) is 3. The lowest BCUT2D eigenvalue weighted by Gasteiger charge is -2.11. The van der Waals surface area contributed by atoms with E-state index in [0.29, 0.717) is 11.2 Å². The van der Waals surface area contributed by atoms with Crippen molar-refractivity contribution in [3.63, 3.8) is 0 Å². The van der Waals surface area contributed by atoms with E-state index in [1.54, 1.807) is 11.3 Å². The van der Waals surface area contributed by atoms with Gasteiger partial charge in [-0.1, -0.05) is 24.4 Å². The molecule has 0 atom stereocenters. The van der Waals surface area contributed by atoms with Crippen molar-refractivity contribution in [2.45, 2.75) is 45.2 Å². The Labute approximate surface area is 110 Å². The van der Waals surface area contributed by atoms with Crippen LogP contribution in [0.5, 0.6) is 0 Å². The minimum Gasteiger partial charge on any atom is -0.308 e. The Morgan fingerprint density at radius 3 is 3.06 bits per heavy atom. The predicted octanol–water partition coefficient (Wildman–Crippen LogP) is 3.39. The Kier molecular flexibility index (Phi) is 3.11. The van der Waals surface area contributed by atoms with Gasteiger partial charge in [0.1, 0.15) is 0 Å². The fourth-order valence-electron chi connectivity index (χ4n) is 2.56. The SMILES string of the molecule is Cc1csc2nc(Cl)c(CNC3CCCC3)n12. The van der Waals surface area contributed by atoms with Crippen LogP contribution in [-0.2, 0) is 6.54 Å². The van der Waals surface area contributed by atoms with E-state index in [4.69, 9.17) is 11.6 Å². The second kappa shape index (κ2) is 4.59. The van der Waals surface area contributed by atoms with E-state index in [0.717, 1.165) is 17.2 Å². The number of fused-ring (bicyclic) bond motifs is 1. The van der Waals surface area contributed by atoms with Crippen LogP contribution < -0.4 is 5.32 Å². The van der Waals surface area contributed by atoms with Gasteiger partial charge in [0, 0.05) is 23.7 Å². The van der Waals surface area contributed by atoms with Crippen LogP contribution in [0.15, 0.2) is 5.38 Å². The summed E-state index contributed by atoms with van der Waals surface area (Å²) in [5.74, 6) is 0. The molecule has 2 aromatic rings. The lowest BCUT2D eigenvalue weighted by Crippen LogP contribution is -2.26.